The number of hydrogen-bond donors (Lipinski definition) is 0. The summed E-state index contributed by atoms with van der Waals surface area (Å²) < 4.78 is 0. The second-order valence-corrected chi connectivity index (χ2v) is 9.24. The SMILES string of the molecule is CCCCCCCCCC(=O)N1CCC(=C2c3ccccc3C=Cc3ccccc32)CC1. The van der Waals surface area contributed by atoms with E-state index in [4.69, 9.17) is 0 Å². The molecule has 1 aliphatic heterocycles. The van der Waals surface area contributed by atoms with Gasteiger partial charge in [-0.2, -0.15) is 0 Å². The molecule has 32 heavy (non-hydrogen) atoms. The number of rotatable bonds is 8. The number of benzene rings is 2. The largest absolute Gasteiger partial charge is 0.342 e. The van der Waals surface area contributed by atoms with E-state index in [2.05, 4.69) is 72.5 Å². The molecule has 2 aliphatic rings. The lowest BCUT2D eigenvalue weighted by Crippen LogP contribution is -2.36. The molecular formula is C30H37NO. The molecule has 1 aliphatic carbocycles. The van der Waals surface area contributed by atoms with E-state index in [0.29, 0.717) is 5.91 Å². The van der Waals surface area contributed by atoms with Gasteiger partial charge in [0.1, 0.15) is 0 Å². The first-order valence-electron chi connectivity index (χ1n) is 12.6. The maximum atomic E-state index is 12.8. The Hall–Kier alpha value is -2.61. The average molecular weight is 428 g/mol. The van der Waals surface area contributed by atoms with Crippen molar-refractivity contribution in [2.24, 2.45) is 0 Å². The Balaban J connectivity index is 1.41. The third-order valence-electron chi connectivity index (χ3n) is 6.97. The van der Waals surface area contributed by atoms with Crippen LogP contribution in [0.5, 0.6) is 0 Å². The Kier molecular flexibility index (Phi) is 7.98. The van der Waals surface area contributed by atoms with Crippen LogP contribution in [0.25, 0.3) is 17.7 Å². The Morgan fingerprint density at radius 2 is 1.28 bits per heavy atom. The lowest BCUT2D eigenvalue weighted by Gasteiger charge is -2.31. The van der Waals surface area contributed by atoms with Crippen molar-refractivity contribution in [1.82, 2.24) is 4.90 Å². The van der Waals surface area contributed by atoms with Crippen molar-refractivity contribution in [3.05, 3.63) is 76.4 Å². The molecule has 0 saturated carbocycles. The van der Waals surface area contributed by atoms with Crippen LogP contribution in [0.4, 0.5) is 0 Å². The normalized spacial score (nSPS) is 15.3. The van der Waals surface area contributed by atoms with Crippen LogP contribution in [0.15, 0.2) is 54.1 Å². The molecule has 0 unspecified atom stereocenters. The van der Waals surface area contributed by atoms with Crippen molar-refractivity contribution in [2.45, 2.75) is 71.1 Å². The summed E-state index contributed by atoms with van der Waals surface area (Å²) >= 11 is 0. The van der Waals surface area contributed by atoms with E-state index in [0.717, 1.165) is 38.8 Å². The Labute approximate surface area is 194 Å². The number of amides is 1. The van der Waals surface area contributed by atoms with Gasteiger partial charge in [-0.25, -0.2) is 0 Å². The third-order valence-corrected chi connectivity index (χ3v) is 6.97. The lowest BCUT2D eigenvalue weighted by atomic mass is 9.86. The molecule has 1 saturated heterocycles. The van der Waals surface area contributed by atoms with Crippen LogP contribution in [0.2, 0.25) is 0 Å². The molecule has 168 valence electrons. The maximum absolute atomic E-state index is 12.8. The van der Waals surface area contributed by atoms with Gasteiger partial charge in [-0.3, -0.25) is 4.79 Å². The Morgan fingerprint density at radius 1 is 0.750 bits per heavy atom. The van der Waals surface area contributed by atoms with Crippen LogP contribution >= 0.6 is 0 Å². The van der Waals surface area contributed by atoms with E-state index < -0.39 is 0 Å². The van der Waals surface area contributed by atoms with Gasteiger partial charge in [0.2, 0.25) is 5.91 Å². The minimum Gasteiger partial charge on any atom is -0.342 e. The number of hydrogen-bond acceptors (Lipinski definition) is 1. The van der Waals surface area contributed by atoms with Crippen LogP contribution in [0, 0.1) is 0 Å². The molecule has 1 fully saturated rings. The monoisotopic (exact) mass is 427 g/mol. The molecule has 0 spiro atoms. The second kappa shape index (κ2) is 11.3. The molecular weight excluding hydrogens is 390 g/mol. The summed E-state index contributed by atoms with van der Waals surface area (Å²) in [5.41, 5.74) is 8.10. The van der Waals surface area contributed by atoms with Crippen molar-refractivity contribution < 1.29 is 4.79 Å². The van der Waals surface area contributed by atoms with Gasteiger partial charge in [-0.15, -0.1) is 0 Å². The van der Waals surface area contributed by atoms with E-state index in [1.165, 1.54) is 71.9 Å². The van der Waals surface area contributed by atoms with Crippen molar-refractivity contribution in [3.8, 4) is 0 Å². The first kappa shape index (κ1) is 22.6. The van der Waals surface area contributed by atoms with Gasteiger partial charge in [0.05, 0.1) is 0 Å². The summed E-state index contributed by atoms with van der Waals surface area (Å²) in [6, 6.07) is 17.4. The Bertz CT molecular complexity index is 922. The summed E-state index contributed by atoms with van der Waals surface area (Å²) in [6.45, 7) is 3.96. The molecule has 2 heteroatoms. The highest BCUT2D eigenvalue weighted by Gasteiger charge is 2.24. The molecule has 2 aromatic rings. The van der Waals surface area contributed by atoms with Gasteiger partial charge in [-0.1, -0.05) is 112 Å². The number of piperidine rings is 1. The zero-order valence-electron chi connectivity index (χ0n) is 19.6. The van der Waals surface area contributed by atoms with E-state index in [1.807, 2.05) is 0 Å². The molecule has 2 nitrogen and oxygen atoms in total. The average Bonchev–Trinajstić information content (AvgIpc) is 3.00. The quantitative estimate of drug-likeness (QED) is 0.337. The highest BCUT2D eigenvalue weighted by molar-refractivity contribution is 5.95. The number of carbonyl (C=O) groups is 1. The highest BCUT2D eigenvalue weighted by Crippen LogP contribution is 2.38. The minimum atomic E-state index is 0.353. The molecule has 0 bridgehead atoms. The zero-order chi connectivity index (χ0) is 22.2. The van der Waals surface area contributed by atoms with Gasteiger partial charge < -0.3 is 4.90 Å². The molecule has 1 amide bonds. The fourth-order valence-electron chi connectivity index (χ4n) is 5.11. The van der Waals surface area contributed by atoms with Crippen molar-refractivity contribution in [2.75, 3.05) is 13.1 Å². The minimum absolute atomic E-state index is 0.353. The van der Waals surface area contributed by atoms with Crippen LogP contribution < -0.4 is 0 Å². The first-order chi connectivity index (χ1) is 15.8. The topological polar surface area (TPSA) is 20.3 Å². The van der Waals surface area contributed by atoms with Gasteiger partial charge in [-0.05, 0) is 47.1 Å². The summed E-state index contributed by atoms with van der Waals surface area (Å²) in [4.78, 5) is 14.9. The lowest BCUT2D eigenvalue weighted by molar-refractivity contribution is -0.131. The van der Waals surface area contributed by atoms with Crippen molar-refractivity contribution >= 4 is 23.6 Å². The molecule has 2 aromatic carbocycles. The number of unbranched alkanes of at least 4 members (excludes halogenated alkanes) is 6. The number of nitrogens with zero attached hydrogens (tertiary/aromatic N) is 1. The van der Waals surface area contributed by atoms with E-state index >= 15 is 0 Å². The van der Waals surface area contributed by atoms with E-state index in [-0.39, 0.29) is 0 Å². The molecule has 1 heterocycles. The van der Waals surface area contributed by atoms with Crippen molar-refractivity contribution in [3.63, 3.8) is 0 Å². The van der Waals surface area contributed by atoms with Gasteiger partial charge in [0.15, 0.2) is 0 Å². The molecule has 0 N–H and O–H groups in total. The summed E-state index contributed by atoms with van der Waals surface area (Å²) in [5, 5.41) is 0. The van der Waals surface area contributed by atoms with Crippen LogP contribution in [0.3, 0.4) is 0 Å². The van der Waals surface area contributed by atoms with Gasteiger partial charge >= 0.3 is 0 Å². The molecule has 0 radical (unpaired) electrons. The summed E-state index contributed by atoms with van der Waals surface area (Å²) in [5.74, 6) is 0.353. The van der Waals surface area contributed by atoms with Gasteiger partial charge in [0, 0.05) is 19.5 Å². The standard InChI is InChI=1S/C30H37NO/c1-2-3-4-5-6-7-8-17-29(32)31-22-20-26(21-23-31)30-27-15-11-9-13-24(27)18-19-25-14-10-12-16-28(25)30/h9-16,18-19H,2-8,17,20-23H2,1H3. The highest BCUT2D eigenvalue weighted by atomic mass is 16.2. The van der Waals surface area contributed by atoms with Crippen LogP contribution in [-0.2, 0) is 4.79 Å². The predicted molar refractivity (Wildman–Crippen MR) is 136 cm³/mol. The molecule has 0 atom stereocenters. The fourth-order valence-corrected chi connectivity index (χ4v) is 5.11. The summed E-state index contributed by atoms with van der Waals surface area (Å²) in [7, 11) is 0. The van der Waals surface area contributed by atoms with Crippen LogP contribution in [-0.4, -0.2) is 23.9 Å². The molecule has 0 aromatic heterocycles. The second-order valence-electron chi connectivity index (χ2n) is 9.24. The van der Waals surface area contributed by atoms with Gasteiger partial charge in [0.25, 0.3) is 0 Å². The predicted octanol–water partition coefficient (Wildman–Crippen LogP) is 7.74. The fraction of sp³-hybridized carbons (Fsp3) is 0.433. The summed E-state index contributed by atoms with van der Waals surface area (Å²) in [6.07, 6.45) is 15.9. The molecule has 4 rings (SSSR count). The van der Waals surface area contributed by atoms with E-state index in [9.17, 15) is 4.79 Å². The number of likely N-dealkylation sites (tertiary alicyclic amines) is 1. The smallest absolute Gasteiger partial charge is 0.222 e. The first-order valence-corrected chi connectivity index (χ1v) is 12.6. The van der Waals surface area contributed by atoms with Crippen molar-refractivity contribution in [1.29, 1.82) is 0 Å². The Morgan fingerprint density at radius 3 is 1.88 bits per heavy atom. The third kappa shape index (κ3) is 5.41. The number of fused-ring (bicyclic) bond motifs is 2. The maximum Gasteiger partial charge on any atom is 0.222 e. The zero-order valence-corrected chi connectivity index (χ0v) is 19.6. The number of carbonyl (C=O) groups excluding carboxylic acids is 1. The van der Waals surface area contributed by atoms with Crippen LogP contribution in [0.1, 0.15) is 93.4 Å². The van der Waals surface area contributed by atoms with E-state index in [1.54, 1.807) is 0 Å².